The van der Waals surface area contributed by atoms with Crippen molar-refractivity contribution in [3.63, 3.8) is 0 Å². The molecule has 1 N–H and O–H groups in total. The Balaban J connectivity index is 3.04. The van der Waals surface area contributed by atoms with E-state index in [1.165, 1.54) is 0 Å². The minimum atomic E-state index is 0.907. The van der Waals surface area contributed by atoms with Crippen LogP contribution in [0.15, 0.2) is 10.8 Å². The van der Waals surface area contributed by atoms with Gasteiger partial charge in [0, 0.05) is 0 Å². The van der Waals surface area contributed by atoms with E-state index in [-0.39, 0.29) is 0 Å². The largest absolute Gasteiger partial charge is 0.328 e. The molecular formula is C3H2BrIN2. The lowest BCUT2D eigenvalue weighted by Crippen LogP contribution is -1.66. The maximum atomic E-state index is 3.90. The Morgan fingerprint density at radius 3 is 2.71 bits per heavy atom. The van der Waals surface area contributed by atoms with E-state index in [1.807, 2.05) is 0 Å². The van der Waals surface area contributed by atoms with Gasteiger partial charge in [0.05, 0.1) is 6.20 Å². The van der Waals surface area contributed by atoms with E-state index in [4.69, 9.17) is 0 Å². The third kappa shape index (κ3) is 1.41. The lowest BCUT2D eigenvalue weighted by atomic mass is 11.0. The number of nitrogens with zero attached hydrogens (tertiary/aromatic N) is 1. The van der Waals surface area contributed by atoms with Crippen molar-refractivity contribution in [3.8, 4) is 0 Å². The monoisotopic (exact) mass is 272 g/mol. The zero-order valence-corrected chi connectivity index (χ0v) is 7.02. The quantitative estimate of drug-likeness (QED) is 0.717. The van der Waals surface area contributed by atoms with Gasteiger partial charge in [0.1, 0.15) is 4.60 Å². The van der Waals surface area contributed by atoms with Crippen molar-refractivity contribution in [1.82, 2.24) is 9.97 Å². The molecule has 0 fully saturated rings. The van der Waals surface area contributed by atoms with E-state index in [0.29, 0.717) is 0 Å². The van der Waals surface area contributed by atoms with Gasteiger partial charge >= 0.3 is 0 Å². The van der Waals surface area contributed by atoms with Gasteiger partial charge in [-0.3, -0.25) is 0 Å². The fourth-order valence-corrected chi connectivity index (χ4v) is 1.37. The van der Waals surface area contributed by atoms with Crippen LogP contribution in [0, 0.1) is 3.83 Å². The molecule has 0 radical (unpaired) electrons. The average Bonchev–Trinajstić information content (AvgIpc) is 1.87. The highest BCUT2D eigenvalue weighted by molar-refractivity contribution is 14.1. The summed E-state index contributed by atoms with van der Waals surface area (Å²) < 4.78 is 1.83. The highest BCUT2D eigenvalue weighted by atomic mass is 127. The number of H-pyrrole nitrogens is 1. The summed E-state index contributed by atoms with van der Waals surface area (Å²) in [7, 11) is 0. The van der Waals surface area contributed by atoms with Crippen molar-refractivity contribution in [3.05, 3.63) is 14.6 Å². The summed E-state index contributed by atoms with van der Waals surface area (Å²) in [6.45, 7) is 0. The molecule has 0 unspecified atom stereocenters. The molecule has 2 nitrogen and oxygen atoms in total. The van der Waals surface area contributed by atoms with Gasteiger partial charge in [-0.15, -0.1) is 0 Å². The van der Waals surface area contributed by atoms with Gasteiger partial charge in [-0.25, -0.2) is 4.98 Å². The molecule has 1 heterocycles. The van der Waals surface area contributed by atoms with Crippen molar-refractivity contribution in [2.75, 3.05) is 0 Å². The summed E-state index contributed by atoms with van der Waals surface area (Å²) >= 11 is 5.31. The van der Waals surface area contributed by atoms with Crippen LogP contribution < -0.4 is 0 Å². The number of aromatic amines is 1. The zero-order valence-electron chi connectivity index (χ0n) is 3.28. The summed E-state index contributed by atoms with van der Waals surface area (Å²) in [6, 6.07) is 0. The number of halogens is 2. The number of hydrogen-bond acceptors (Lipinski definition) is 1. The van der Waals surface area contributed by atoms with E-state index >= 15 is 0 Å². The Kier molecular flexibility index (Phi) is 1.69. The van der Waals surface area contributed by atoms with Crippen LogP contribution in [0.1, 0.15) is 0 Å². The minimum Gasteiger partial charge on any atom is -0.328 e. The van der Waals surface area contributed by atoms with E-state index < -0.39 is 0 Å². The Hall–Kier alpha value is 0.420. The fourth-order valence-electron chi connectivity index (χ4n) is 0.276. The summed E-state index contributed by atoms with van der Waals surface area (Å²) in [4.78, 5) is 6.83. The molecule has 0 aromatic carbocycles. The molecule has 0 saturated carbocycles. The average molecular weight is 273 g/mol. The van der Waals surface area contributed by atoms with Gasteiger partial charge in [-0.1, -0.05) is 0 Å². The van der Waals surface area contributed by atoms with Crippen LogP contribution in [-0.2, 0) is 0 Å². The molecular weight excluding hydrogens is 271 g/mol. The van der Waals surface area contributed by atoms with E-state index in [2.05, 4.69) is 48.5 Å². The normalized spacial score (nSPS) is 9.43. The number of imidazole rings is 1. The first kappa shape index (κ1) is 5.55. The number of aromatic nitrogens is 2. The first-order valence-corrected chi connectivity index (χ1v) is 3.52. The number of rotatable bonds is 0. The molecule has 0 aliphatic rings. The molecule has 0 aliphatic heterocycles. The van der Waals surface area contributed by atoms with Crippen LogP contribution in [0.2, 0.25) is 0 Å². The molecule has 38 valence electrons. The van der Waals surface area contributed by atoms with E-state index in [9.17, 15) is 0 Å². The van der Waals surface area contributed by atoms with Gasteiger partial charge in [0.2, 0.25) is 0 Å². The molecule has 4 heteroatoms. The van der Waals surface area contributed by atoms with Crippen LogP contribution in [0.3, 0.4) is 0 Å². The highest BCUT2D eigenvalue weighted by Crippen LogP contribution is 2.05. The van der Waals surface area contributed by atoms with Crippen LogP contribution in [0.25, 0.3) is 0 Å². The maximum Gasteiger partial charge on any atom is 0.169 e. The minimum absolute atomic E-state index is 0.907. The Morgan fingerprint density at radius 1 is 1.86 bits per heavy atom. The topological polar surface area (TPSA) is 28.7 Å². The summed E-state index contributed by atoms with van der Waals surface area (Å²) in [5.74, 6) is 0. The summed E-state index contributed by atoms with van der Waals surface area (Å²) in [5.41, 5.74) is 0. The maximum absolute atomic E-state index is 3.90. The molecule has 0 amide bonds. The molecule has 0 spiro atoms. The number of nitrogens with one attached hydrogen (secondary N) is 1. The van der Waals surface area contributed by atoms with Crippen LogP contribution in [0.4, 0.5) is 0 Å². The molecule has 1 rings (SSSR count). The molecule has 0 saturated heterocycles. The van der Waals surface area contributed by atoms with Crippen LogP contribution >= 0.6 is 38.5 Å². The first-order valence-electron chi connectivity index (χ1n) is 1.65. The van der Waals surface area contributed by atoms with Crippen molar-refractivity contribution in [2.24, 2.45) is 0 Å². The summed E-state index contributed by atoms with van der Waals surface area (Å²) in [6.07, 6.45) is 1.72. The Bertz CT molecular complexity index is 145. The van der Waals surface area contributed by atoms with Gasteiger partial charge in [0.15, 0.2) is 3.83 Å². The van der Waals surface area contributed by atoms with E-state index in [1.54, 1.807) is 6.20 Å². The van der Waals surface area contributed by atoms with Crippen LogP contribution in [-0.4, -0.2) is 9.97 Å². The predicted molar refractivity (Wildman–Crippen MR) is 39.0 cm³/mol. The second-order valence-electron chi connectivity index (χ2n) is 1.02. The third-order valence-electron chi connectivity index (χ3n) is 0.514. The molecule has 0 atom stereocenters. The van der Waals surface area contributed by atoms with Gasteiger partial charge in [-0.05, 0) is 38.5 Å². The van der Waals surface area contributed by atoms with Crippen LogP contribution in [0.5, 0.6) is 0 Å². The second kappa shape index (κ2) is 2.13. The molecule has 7 heavy (non-hydrogen) atoms. The zero-order chi connectivity index (χ0) is 5.28. The second-order valence-corrected chi connectivity index (χ2v) is 2.90. The first-order chi connectivity index (χ1) is 3.29. The number of hydrogen-bond donors (Lipinski definition) is 1. The molecule has 0 bridgehead atoms. The molecule has 1 aromatic rings. The van der Waals surface area contributed by atoms with Crippen molar-refractivity contribution in [1.29, 1.82) is 0 Å². The highest BCUT2D eigenvalue weighted by Gasteiger charge is 1.87. The van der Waals surface area contributed by atoms with E-state index in [0.717, 1.165) is 8.43 Å². The standard InChI is InChI=1S/C3H2BrIN2/c4-2-1-6-3(5)7-2/h1H,(H,6,7). The summed E-state index contributed by atoms with van der Waals surface area (Å²) in [5, 5.41) is 0. The van der Waals surface area contributed by atoms with Gasteiger partial charge in [0.25, 0.3) is 0 Å². The predicted octanol–water partition coefficient (Wildman–Crippen LogP) is 1.78. The van der Waals surface area contributed by atoms with Gasteiger partial charge < -0.3 is 4.98 Å². The van der Waals surface area contributed by atoms with Crippen molar-refractivity contribution in [2.45, 2.75) is 0 Å². The van der Waals surface area contributed by atoms with Crippen molar-refractivity contribution < 1.29 is 0 Å². The molecule has 1 aromatic heterocycles. The molecule has 0 aliphatic carbocycles. The SMILES string of the molecule is Brc1cnc(I)[nH]1. The Morgan fingerprint density at radius 2 is 2.57 bits per heavy atom. The smallest absolute Gasteiger partial charge is 0.169 e. The Labute approximate surface area is 63.0 Å². The van der Waals surface area contributed by atoms with Crippen molar-refractivity contribution >= 4 is 38.5 Å². The lowest BCUT2D eigenvalue weighted by Gasteiger charge is -1.70. The fraction of sp³-hybridized carbons (Fsp3) is 0. The lowest BCUT2D eigenvalue weighted by molar-refractivity contribution is 1.22. The third-order valence-corrected chi connectivity index (χ3v) is 1.47. The van der Waals surface area contributed by atoms with Gasteiger partial charge in [-0.2, -0.15) is 0 Å².